The predicted molar refractivity (Wildman–Crippen MR) is 91.1 cm³/mol. The third kappa shape index (κ3) is 4.89. The smallest absolute Gasteiger partial charge is 0.336 e. The van der Waals surface area contributed by atoms with Crippen LogP contribution in [-0.4, -0.2) is 26.0 Å². The van der Waals surface area contributed by atoms with Crippen LogP contribution in [0, 0.1) is 0 Å². The number of hydrogen-bond acceptors (Lipinski definition) is 3. The highest BCUT2D eigenvalue weighted by Gasteiger charge is 2.17. The van der Waals surface area contributed by atoms with E-state index >= 15 is 0 Å². The molecule has 0 fully saturated rings. The van der Waals surface area contributed by atoms with Crippen molar-refractivity contribution < 1.29 is 18.3 Å². The van der Waals surface area contributed by atoms with E-state index in [9.17, 15) is 13.2 Å². The molecule has 23 heavy (non-hydrogen) atoms. The van der Waals surface area contributed by atoms with Gasteiger partial charge in [-0.05, 0) is 52.5 Å². The van der Waals surface area contributed by atoms with Crippen molar-refractivity contribution in [2.24, 2.45) is 0 Å². The molecule has 0 heterocycles. The standard InChI is InChI=1S/C16H16BrNO4S/c17-15-9-8-13(11-14(15)16(19)20)23(21,22)18-10-4-7-12-5-2-1-3-6-12/h1-3,5-6,8-9,11,18H,4,7,10H2,(H,19,20). The second-order valence-electron chi connectivity index (χ2n) is 4.93. The van der Waals surface area contributed by atoms with Gasteiger partial charge in [-0.1, -0.05) is 30.3 Å². The molecule has 0 saturated heterocycles. The quantitative estimate of drug-likeness (QED) is 0.703. The SMILES string of the molecule is O=C(O)c1cc(S(=O)(=O)NCCCc2ccccc2)ccc1Br. The van der Waals surface area contributed by atoms with E-state index in [4.69, 9.17) is 5.11 Å². The first kappa shape index (κ1) is 17.7. The lowest BCUT2D eigenvalue weighted by Gasteiger charge is -2.08. The minimum atomic E-state index is -3.72. The van der Waals surface area contributed by atoms with Gasteiger partial charge < -0.3 is 5.11 Å². The number of carbonyl (C=O) groups is 1. The molecule has 7 heteroatoms. The highest BCUT2D eigenvalue weighted by atomic mass is 79.9. The average Bonchev–Trinajstić information content (AvgIpc) is 2.52. The van der Waals surface area contributed by atoms with Gasteiger partial charge in [-0.2, -0.15) is 0 Å². The number of hydrogen-bond donors (Lipinski definition) is 2. The summed E-state index contributed by atoms with van der Waals surface area (Å²) in [5.41, 5.74) is 1.06. The highest BCUT2D eigenvalue weighted by molar-refractivity contribution is 9.10. The largest absolute Gasteiger partial charge is 0.478 e. The Bertz CT molecular complexity index is 791. The average molecular weight is 398 g/mol. The van der Waals surface area contributed by atoms with Crippen molar-refractivity contribution in [3.8, 4) is 0 Å². The van der Waals surface area contributed by atoms with Crippen molar-refractivity contribution in [2.75, 3.05) is 6.54 Å². The minimum Gasteiger partial charge on any atom is -0.478 e. The maximum Gasteiger partial charge on any atom is 0.336 e. The summed E-state index contributed by atoms with van der Waals surface area (Å²) in [5, 5.41) is 9.05. The van der Waals surface area contributed by atoms with Crippen LogP contribution in [0.5, 0.6) is 0 Å². The second kappa shape index (κ2) is 7.72. The topological polar surface area (TPSA) is 83.5 Å². The number of rotatable bonds is 7. The first-order chi connectivity index (χ1) is 10.9. The van der Waals surface area contributed by atoms with Gasteiger partial charge in [0.15, 0.2) is 0 Å². The number of nitrogens with one attached hydrogen (secondary N) is 1. The van der Waals surface area contributed by atoms with Gasteiger partial charge in [0, 0.05) is 11.0 Å². The number of aromatic carboxylic acids is 1. The van der Waals surface area contributed by atoms with Gasteiger partial charge in [-0.3, -0.25) is 0 Å². The van der Waals surface area contributed by atoms with E-state index < -0.39 is 16.0 Å². The lowest BCUT2D eigenvalue weighted by molar-refractivity contribution is 0.0695. The maximum atomic E-state index is 12.2. The van der Waals surface area contributed by atoms with Crippen molar-refractivity contribution in [3.05, 3.63) is 64.1 Å². The van der Waals surface area contributed by atoms with Crippen LogP contribution in [0.1, 0.15) is 22.3 Å². The van der Waals surface area contributed by atoms with Crippen LogP contribution < -0.4 is 4.72 Å². The van der Waals surface area contributed by atoms with Crippen molar-refractivity contribution >= 4 is 31.9 Å². The van der Waals surface area contributed by atoms with Gasteiger partial charge in [0.25, 0.3) is 0 Å². The fourth-order valence-corrected chi connectivity index (χ4v) is 3.58. The molecule has 0 amide bonds. The molecule has 0 aliphatic carbocycles. The van der Waals surface area contributed by atoms with Crippen LogP contribution in [0.4, 0.5) is 0 Å². The Kier molecular flexibility index (Phi) is 5.92. The fourth-order valence-electron chi connectivity index (χ4n) is 2.06. The van der Waals surface area contributed by atoms with E-state index in [0.717, 1.165) is 18.1 Å². The van der Waals surface area contributed by atoms with Crippen LogP contribution in [-0.2, 0) is 16.4 Å². The number of sulfonamides is 1. The summed E-state index contributed by atoms with van der Waals surface area (Å²) in [7, 11) is -3.72. The Balaban J connectivity index is 1.99. The molecule has 5 nitrogen and oxygen atoms in total. The zero-order valence-electron chi connectivity index (χ0n) is 12.2. The number of aryl methyl sites for hydroxylation is 1. The monoisotopic (exact) mass is 397 g/mol. The second-order valence-corrected chi connectivity index (χ2v) is 7.56. The molecule has 0 aliphatic heterocycles. The molecule has 2 aromatic rings. The summed E-state index contributed by atoms with van der Waals surface area (Å²) in [6, 6.07) is 13.7. The molecule has 0 unspecified atom stereocenters. The summed E-state index contributed by atoms with van der Waals surface area (Å²) in [6.07, 6.45) is 1.43. The molecule has 2 N–H and O–H groups in total. The first-order valence-corrected chi connectivity index (χ1v) is 9.24. The van der Waals surface area contributed by atoms with Gasteiger partial charge in [0.1, 0.15) is 0 Å². The van der Waals surface area contributed by atoms with Crippen molar-refractivity contribution in [1.29, 1.82) is 0 Å². The van der Waals surface area contributed by atoms with Crippen LogP contribution >= 0.6 is 15.9 Å². The Morgan fingerprint density at radius 2 is 1.83 bits per heavy atom. The van der Waals surface area contributed by atoms with Crippen molar-refractivity contribution in [1.82, 2.24) is 4.72 Å². The van der Waals surface area contributed by atoms with E-state index in [0.29, 0.717) is 10.9 Å². The molecule has 0 aromatic heterocycles. The van der Waals surface area contributed by atoms with Gasteiger partial charge in [-0.15, -0.1) is 0 Å². The molecule has 0 radical (unpaired) electrons. The number of benzene rings is 2. The molecule has 2 aromatic carbocycles. The molecule has 122 valence electrons. The number of carboxylic acid groups (broad SMARTS) is 1. The fraction of sp³-hybridized carbons (Fsp3) is 0.188. The maximum absolute atomic E-state index is 12.2. The summed E-state index contributed by atoms with van der Waals surface area (Å²) < 4.78 is 27.3. The summed E-state index contributed by atoms with van der Waals surface area (Å²) >= 11 is 3.09. The minimum absolute atomic E-state index is 0.0576. The lowest BCUT2D eigenvalue weighted by Crippen LogP contribution is -2.25. The Labute approximate surface area is 143 Å². The molecule has 0 bridgehead atoms. The van der Waals surface area contributed by atoms with Gasteiger partial charge in [0.05, 0.1) is 10.5 Å². The molecular weight excluding hydrogens is 382 g/mol. The normalized spacial score (nSPS) is 11.3. The van der Waals surface area contributed by atoms with Crippen LogP contribution in [0.2, 0.25) is 0 Å². The van der Waals surface area contributed by atoms with E-state index in [1.807, 2.05) is 30.3 Å². The molecule has 0 aliphatic rings. The third-order valence-electron chi connectivity index (χ3n) is 3.26. The van der Waals surface area contributed by atoms with Crippen molar-refractivity contribution in [3.63, 3.8) is 0 Å². The number of halogens is 1. The van der Waals surface area contributed by atoms with E-state index in [1.54, 1.807) is 0 Å². The van der Waals surface area contributed by atoms with E-state index in [2.05, 4.69) is 20.7 Å². The zero-order chi connectivity index (χ0) is 16.9. The zero-order valence-corrected chi connectivity index (χ0v) is 14.6. The molecule has 0 atom stereocenters. The Morgan fingerprint density at radius 1 is 1.13 bits per heavy atom. The molecular formula is C16H16BrNO4S. The molecule has 0 spiro atoms. The number of carboxylic acids is 1. The van der Waals surface area contributed by atoms with Crippen molar-refractivity contribution in [2.45, 2.75) is 17.7 Å². The van der Waals surface area contributed by atoms with Gasteiger partial charge >= 0.3 is 5.97 Å². The highest BCUT2D eigenvalue weighted by Crippen LogP contribution is 2.21. The first-order valence-electron chi connectivity index (χ1n) is 6.96. The summed E-state index contributed by atoms with van der Waals surface area (Å²) in [6.45, 7) is 0.287. The lowest BCUT2D eigenvalue weighted by atomic mass is 10.1. The Hall–Kier alpha value is -1.70. The van der Waals surface area contributed by atoms with Gasteiger partial charge in [-0.25, -0.2) is 17.9 Å². The van der Waals surface area contributed by atoms with E-state index in [-0.39, 0.29) is 17.0 Å². The van der Waals surface area contributed by atoms with E-state index in [1.165, 1.54) is 12.1 Å². The Morgan fingerprint density at radius 3 is 2.48 bits per heavy atom. The summed E-state index contributed by atoms with van der Waals surface area (Å²) in [5.74, 6) is -1.18. The van der Waals surface area contributed by atoms with Crippen LogP contribution in [0.15, 0.2) is 57.9 Å². The molecule has 2 rings (SSSR count). The summed E-state index contributed by atoms with van der Waals surface area (Å²) in [4.78, 5) is 11.0. The third-order valence-corrected chi connectivity index (χ3v) is 5.41. The predicted octanol–water partition coefficient (Wildman–Crippen LogP) is 3.06. The van der Waals surface area contributed by atoms with Gasteiger partial charge in [0.2, 0.25) is 10.0 Å². The van der Waals surface area contributed by atoms with Crippen LogP contribution in [0.3, 0.4) is 0 Å². The van der Waals surface area contributed by atoms with Crippen LogP contribution in [0.25, 0.3) is 0 Å². The molecule has 0 saturated carbocycles.